The summed E-state index contributed by atoms with van der Waals surface area (Å²) in [5.41, 5.74) is 3.85. The predicted octanol–water partition coefficient (Wildman–Crippen LogP) is 3.60. The molecule has 0 saturated carbocycles. The van der Waals surface area contributed by atoms with Gasteiger partial charge in [-0.2, -0.15) is 0 Å². The van der Waals surface area contributed by atoms with Crippen LogP contribution in [-0.2, 0) is 6.42 Å². The molecule has 0 spiro atoms. The van der Waals surface area contributed by atoms with E-state index in [2.05, 4.69) is 0 Å². The third-order valence-electron chi connectivity index (χ3n) is 3.41. The first-order valence-electron chi connectivity index (χ1n) is 6.25. The van der Waals surface area contributed by atoms with E-state index in [1.54, 1.807) is 7.11 Å². The number of methoxy groups -OCH3 is 1. The van der Waals surface area contributed by atoms with Gasteiger partial charge in [0.1, 0.15) is 5.75 Å². The lowest BCUT2D eigenvalue weighted by molar-refractivity contribution is 0.0992. The summed E-state index contributed by atoms with van der Waals surface area (Å²) >= 11 is 0. The van der Waals surface area contributed by atoms with Gasteiger partial charge < -0.3 is 4.74 Å². The van der Waals surface area contributed by atoms with E-state index in [0.29, 0.717) is 6.42 Å². The number of ketones is 1. The molecule has 0 bridgehead atoms. The standard InChI is InChI=1S/C17H14O2/c1-19-15-9-8-14-11-17(18)16-5-3-2-4-12(16)6-7-13(14)10-15/h2-10H,11H2,1H3/b7-6-. The van der Waals surface area contributed by atoms with E-state index in [1.165, 1.54) is 0 Å². The summed E-state index contributed by atoms with van der Waals surface area (Å²) in [5.74, 6) is 0.969. The van der Waals surface area contributed by atoms with Gasteiger partial charge in [-0.3, -0.25) is 4.79 Å². The van der Waals surface area contributed by atoms with Gasteiger partial charge >= 0.3 is 0 Å². The quantitative estimate of drug-likeness (QED) is 0.773. The summed E-state index contributed by atoms with van der Waals surface area (Å²) in [6.07, 6.45) is 4.47. The smallest absolute Gasteiger partial charge is 0.167 e. The lowest BCUT2D eigenvalue weighted by Crippen LogP contribution is -2.08. The number of fused-ring (bicyclic) bond motifs is 2. The molecule has 0 unspecified atom stereocenters. The SMILES string of the molecule is COc1ccc2c(c1)/C=C\c1ccccc1C(=O)C2. The van der Waals surface area contributed by atoms with Gasteiger partial charge in [0.05, 0.1) is 7.11 Å². The molecule has 0 radical (unpaired) electrons. The molecule has 1 aliphatic rings. The highest BCUT2D eigenvalue weighted by atomic mass is 16.5. The van der Waals surface area contributed by atoms with E-state index < -0.39 is 0 Å². The van der Waals surface area contributed by atoms with Crippen LogP contribution in [0.1, 0.15) is 27.0 Å². The Kier molecular flexibility index (Phi) is 2.92. The predicted molar refractivity (Wildman–Crippen MR) is 76.4 cm³/mol. The van der Waals surface area contributed by atoms with Crippen LogP contribution in [0.2, 0.25) is 0 Å². The maximum absolute atomic E-state index is 12.3. The van der Waals surface area contributed by atoms with E-state index in [-0.39, 0.29) is 5.78 Å². The Morgan fingerprint density at radius 3 is 2.63 bits per heavy atom. The molecule has 0 fully saturated rings. The third-order valence-corrected chi connectivity index (χ3v) is 3.41. The van der Waals surface area contributed by atoms with Crippen molar-refractivity contribution in [3.63, 3.8) is 0 Å². The molecule has 2 aromatic rings. The third kappa shape index (κ3) is 2.17. The molecule has 0 N–H and O–H groups in total. The van der Waals surface area contributed by atoms with Crippen LogP contribution in [-0.4, -0.2) is 12.9 Å². The van der Waals surface area contributed by atoms with Crippen molar-refractivity contribution < 1.29 is 9.53 Å². The fourth-order valence-electron chi connectivity index (χ4n) is 2.36. The first kappa shape index (κ1) is 11.7. The average molecular weight is 250 g/mol. The highest BCUT2D eigenvalue weighted by Gasteiger charge is 2.14. The second-order valence-corrected chi connectivity index (χ2v) is 4.59. The van der Waals surface area contributed by atoms with E-state index in [1.807, 2.05) is 54.6 Å². The maximum Gasteiger partial charge on any atom is 0.167 e. The van der Waals surface area contributed by atoms with Gasteiger partial charge in [-0.25, -0.2) is 0 Å². The molecule has 3 rings (SSSR count). The molecule has 2 heteroatoms. The summed E-state index contributed by atoms with van der Waals surface area (Å²) in [4.78, 5) is 12.3. The van der Waals surface area contributed by atoms with Crippen molar-refractivity contribution in [3.05, 3.63) is 64.7 Å². The van der Waals surface area contributed by atoms with Crippen molar-refractivity contribution in [2.75, 3.05) is 7.11 Å². The highest BCUT2D eigenvalue weighted by Crippen LogP contribution is 2.25. The monoisotopic (exact) mass is 250 g/mol. The number of hydrogen-bond donors (Lipinski definition) is 0. The van der Waals surface area contributed by atoms with Crippen LogP contribution in [0.3, 0.4) is 0 Å². The Bertz CT molecular complexity index is 669. The highest BCUT2D eigenvalue weighted by molar-refractivity contribution is 6.02. The summed E-state index contributed by atoms with van der Waals surface area (Å²) in [6.45, 7) is 0. The van der Waals surface area contributed by atoms with Gasteiger partial charge in [0.15, 0.2) is 5.78 Å². The average Bonchev–Trinajstić information content (AvgIpc) is 2.44. The number of carbonyl (C=O) groups is 1. The Hall–Kier alpha value is -2.35. The lowest BCUT2D eigenvalue weighted by atomic mass is 9.92. The summed E-state index contributed by atoms with van der Waals surface area (Å²) in [5, 5.41) is 0. The Balaban J connectivity index is 2.14. The molecule has 0 aromatic heterocycles. The zero-order valence-corrected chi connectivity index (χ0v) is 10.7. The summed E-state index contributed by atoms with van der Waals surface area (Å²) in [7, 11) is 1.65. The fourth-order valence-corrected chi connectivity index (χ4v) is 2.36. The van der Waals surface area contributed by atoms with Crippen LogP contribution in [0, 0.1) is 0 Å². The number of carbonyl (C=O) groups excluding carboxylic acids is 1. The van der Waals surface area contributed by atoms with Crippen molar-refractivity contribution in [3.8, 4) is 5.75 Å². The van der Waals surface area contributed by atoms with Crippen LogP contribution in [0.4, 0.5) is 0 Å². The van der Waals surface area contributed by atoms with Crippen LogP contribution >= 0.6 is 0 Å². The molecule has 94 valence electrons. The maximum atomic E-state index is 12.3. The molecule has 2 aromatic carbocycles. The van der Waals surface area contributed by atoms with Crippen molar-refractivity contribution in [1.29, 1.82) is 0 Å². The largest absolute Gasteiger partial charge is 0.497 e. The summed E-state index contributed by atoms with van der Waals surface area (Å²) in [6, 6.07) is 13.5. The van der Waals surface area contributed by atoms with E-state index in [4.69, 9.17) is 4.74 Å². The molecule has 2 nitrogen and oxygen atoms in total. The van der Waals surface area contributed by atoms with Gasteiger partial charge in [-0.1, -0.05) is 42.5 Å². The number of benzene rings is 2. The Morgan fingerprint density at radius 1 is 1.00 bits per heavy atom. The second-order valence-electron chi connectivity index (χ2n) is 4.59. The minimum Gasteiger partial charge on any atom is -0.497 e. The van der Waals surface area contributed by atoms with E-state index in [0.717, 1.165) is 28.0 Å². The van der Waals surface area contributed by atoms with Crippen molar-refractivity contribution >= 4 is 17.9 Å². The fraction of sp³-hybridized carbons (Fsp3) is 0.118. The van der Waals surface area contributed by atoms with Crippen LogP contribution in [0.5, 0.6) is 5.75 Å². The number of Topliss-reactive ketones (excluding diaryl/α,β-unsaturated/α-hetero) is 1. The zero-order valence-electron chi connectivity index (χ0n) is 10.7. The molecule has 0 aliphatic heterocycles. The molecule has 0 amide bonds. The topological polar surface area (TPSA) is 26.3 Å². The van der Waals surface area contributed by atoms with E-state index in [9.17, 15) is 4.79 Å². The molecule has 0 heterocycles. The number of hydrogen-bond acceptors (Lipinski definition) is 2. The van der Waals surface area contributed by atoms with Gasteiger partial charge in [-0.05, 0) is 28.8 Å². The molecule has 19 heavy (non-hydrogen) atoms. The zero-order chi connectivity index (χ0) is 13.2. The van der Waals surface area contributed by atoms with Gasteiger partial charge in [0, 0.05) is 12.0 Å². The van der Waals surface area contributed by atoms with Crippen LogP contribution < -0.4 is 4.74 Å². The van der Waals surface area contributed by atoms with Gasteiger partial charge in [0.25, 0.3) is 0 Å². The number of ether oxygens (including phenoxy) is 1. The van der Waals surface area contributed by atoms with Crippen molar-refractivity contribution in [2.45, 2.75) is 6.42 Å². The number of rotatable bonds is 1. The lowest BCUT2D eigenvalue weighted by Gasteiger charge is -2.12. The van der Waals surface area contributed by atoms with E-state index >= 15 is 0 Å². The van der Waals surface area contributed by atoms with Gasteiger partial charge in [-0.15, -0.1) is 0 Å². The normalized spacial score (nSPS) is 14.9. The summed E-state index contributed by atoms with van der Waals surface area (Å²) < 4.78 is 5.23. The molecular formula is C17H14O2. The van der Waals surface area contributed by atoms with Crippen LogP contribution in [0.15, 0.2) is 42.5 Å². The van der Waals surface area contributed by atoms with Gasteiger partial charge in [0.2, 0.25) is 0 Å². The van der Waals surface area contributed by atoms with Crippen molar-refractivity contribution in [1.82, 2.24) is 0 Å². The first-order chi connectivity index (χ1) is 9.28. The molecule has 0 saturated heterocycles. The Morgan fingerprint density at radius 2 is 1.79 bits per heavy atom. The van der Waals surface area contributed by atoms with Crippen molar-refractivity contribution in [2.24, 2.45) is 0 Å². The Labute approximate surface area is 112 Å². The molecular weight excluding hydrogens is 236 g/mol. The second kappa shape index (κ2) is 4.73. The molecule has 0 atom stereocenters. The van der Waals surface area contributed by atoms with Crippen LogP contribution in [0.25, 0.3) is 12.2 Å². The minimum absolute atomic E-state index is 0.159. The minimum atomic E-state index is 0.159. The first-order valence-corrected chi connectivity index (χ1v) is 6.25. The molecule has 1 aliphatic carbocycles.